The fraction of sp³-hybridized carbons (Fsp3) is 0.200. The van der Waals surface area contributed by atoms with Gasteiger partial charge in [0.15, 0.2) is 0 Å². The molecule has 0 fully saturated rings. The first-order chi connectivity index (χ1) is 11.5. The van der Waals surface area contributed by atoms with Gasteiger partial charge >= 0.3 is 0 Å². The summed E-state index contributed by atoms with van der Waals surface area (Å²) in [7, 11) is 0. The van der Waals surface area contributed by atoms with Crippen LogP contribution in [0, 0.1) is 6.92 Å². The van der Waals surface area contributed by atoms with Gasteiger partial charge in [0, 0.05) is 24.5 Å². The van der Waals surface area contributed by atoms with Gasteiger partial charge in [-0.15, -0.1) is 0 Å². The summed E-state index contributed by atoms with van der Waals surface area (Å²) in [5.74, 6) is -0.0532. The van der Waals surface area contributed by atoms with Crippen LogP contribution in [0.25, 0.3) is 10.9 Å². The highest BCUT2D eigenvalue weighted by atomic mass is 16.2. The Morgan fingerprint density at radius 3 is 2.50 bits per heavy atom. The molecule has 4 nitrogen and oxygen atoms in total. The number of H-pyrrole nitrogens is 1. The number of pyridine rings is 1. The van der Waals surface area contributed by atoms with Crippen molar-refractivity contribution in [2.24, 2.45) is 0 Å². The zero-order chi connectivity index (χ0) is 17.1. The molecule has 0 saturated carbocycles. The number of carbonyl (C=O) groups is 1. The number of hydrogen-bond acceptors (Lipinski definition) is 2. The first-order valence-corrected chi connectivity index (χ1v) is 7.95. The summed E-state index contributed by atoms with van der Waals surface area (Å²) in [6.07, 6.45) is 0. The van der Waals surface area contributed by atoms with Crippen LogP contribution in [0.1, 0.15) is 23.6 Å². The van der Waals surface area contributed by atoms with E-state index in [1.807, 2.05) is 61.5 Å². The minimum atomic E-state index is -0.148. The molecule has 1 heterocycles. The van der Waals surface area contributed by atoms with Crippen LogP contribution in [-0.4, -0.2) is 15.8 Å². The monoisotopic (exact) mass is 320 g/mol. The van der Waals surface area contributed by atoms with Gasteiger partial charge in [0.2, 0.25) is 5.91 Å². The van der Waals surface area contributed by atoms with Gasteiger partial charge in [0.05, 0.1) is 6.54 Å². The Morgan fingerprint density at radius 2 is 1.79 bits per heavy atom. The fourth-order valence-electron chi connectivity index (χ4n) is 2.78. The van der Waals surface area contributed by atoms with Crippen molar-refractivity contribution in [1.29, 1.82) is 0 Å². The molecule has 0 aliphatic rings. The second-order valence-corrected chi connectivity index (χ2v) is 6.08. The van der Waals surface area contributed by atoms with E-state index in [9.17, 15) is 9.59 Å². The molecule has 2 aromatic carbocycles. The molecule has 0 unspecified atom stereocenters. The van der Waals surface area contributed by atoms with E-state index >= 15 is 0 Å². The average Bonchev–Trinajstić information content (AvgIpc) is 2.56. The van der Waals surface area contributed by atoms with Crippen LogP contribution in [0.2, 0.25) is 0 Å². The van der Waals surface area contributed by atoms with Gasteiger partial charge in [-0.05, 0) is 36.1 Å². The Hall–Kier alpha value is -2.88. The lowest BCUT2D eigenvalue weighted by Crippen LogP contribution is -2.30. The van der Waals surface area contributed by atoms with Crippen LogP contribution in [0.4, 0.5) is 0 Å². The molecule has 1 N–H and O–H groups in total. The van der Waals surface area contributed by atoms with Crippen LogP contribution in [0.5, 0.6) is 0 Å². The van der Waals surface area contributed by atoms with Crippen molar-refractivity contribution in [3.05, 3.63) is 81.6 Å². The molecule has 1 aromatic heterocycles. The summed E-state index contributed by atoms with van der Waals surface area (Å²) in [5, 5.41) is 0.979. The zero-order valence-corrected chi connectivity index (χ0v) is 13.9. The summed E-state index contributed by atoms with van der Waals surface area (Å²) >= 11 is 0. The van der Waals surface area contributed by atoms with Crippen LogP contribution in [0.3, 0.4) is 0 Å². The molecular formula is C20H20N2O2. The maximum Gasteiger partial charge on any atom is 0.253 e. The topological polar surface area (TPSA) is 53.2 Å². The maximum absolute atomic E-state index is 12.3. The van der Waals surface area contributed by atoms with E-state index in [1.54, 1.807) is 4.90 Å². The lowest BCUT2D eigenvalue weighted by molar-refractivity contribution is -0.130. The molecule has 0 aliphatic heterocycles. The number of nitrogens with zero attached hydrogens (tertiary/aromatic N) is 1. The summed E-state index contributed by atoms with van der Waals surface area (Å²) in [5.41, 5.74) is 3.44. The third kappa shape index (κ3) is 3.54. The average molecular weight is 320 g/mol. The van der Waals surface area contributed by atoms with Gasteiger partial charge in [0.25, 0.3) is 5.56 Å². The lowest BCUT2D eigenvalue weighted by atomic mass is 10.1. The second kappa shape index (κ2) is 6.71. The SMILES string of the molecule is CC(=O)N(Cc1ccccc1)Cc1cc2cc(C)ccc2[nH]c1=O. The number of rotatable bonds is 4. The number of benzene rings is 2. The Bertz CT molecular complexity index is 929. The minimum absolute atomic E-state index is 0.0532. The number of fused-ring (bicyclic) bond motifs is 1. The Balaban J connectivity index is 1.92. The second-order valence-electron chi connectivity index (χ2n) is 6.08. The highest BCUT2D eigenvalue weighted by Gasteiger charge is 2.13. The van der Waals surface area contributed by atoms with Gasteiger partial charge in [-0.1, -0.05) is 42.0 Å². The number of aromatic amines is 1. The molecule has 3 aromatic rings. The summed E-state index contributed by atoms with van der Waals surface area (Å²) < 4.78 is 0. The molecule has 1 amide bonds. The van der Waals surface area contributed by atoms with E-state index < -0.39 is 0 Å². The Kier molecular flexibility index (Phi) is 4.47. The van der Waals surface area contributed by atoms with E-state index in [-0.39, 0.29) is 11.5 Å². The standard InChI is InChI=1S/C20H20N2O2/c1-14-8-9-19-17(10-14)11-18(20(24)21-19)13-22(15(2)23)12-16-6-4-3-5-7-16/h3-11H,12-13H2,1-2H3,(H,21,24). The normalized spacial score (nSPS) is 10.8. The number of amides is 1. The minimum Gasteiger partial charge on any atom is -0.334 e. The van der Waals surface area contributed by atoms with Crippen LogP contribution >= 0.6 is 0 Å². The number of aryl methyl sites for hydroxylation is 1. The van der Waals surface area contributed by atoms with Crippen LogP contribution in [0.15, 0.2) is 59.4 Å². The van der Waals surface area contributed by atoms with E-state index in [2.05, 4.69) is 4.98 Å². The highest BCUT2D eigenvalue weighted by Crippen LogP contribution is 2.15. The molecule has 4 heteroatoms. The van der Waals surface area contributed by atoms with Crippen molar-refractivity contribution in [2.75, 3.05) is 0 Å². The van der Waals surface area contributed by atoms with Gasteiger partial charge in [-0.2, -0.15) is 0 Å². The predicted molar refractivity (Wildman–Crippen MR) is 95.7 cm³/mol. The molecule has 3 rings (SSSR count). The van der Waals surface area contributed by atoms with Crippen molar-refractivity contribution < 1.29 is 4.79 Å². The molecule has 0 saturated heterocycles. The third-order valence-electron chi connectivity index (χ3n) is 4.10. The van der Waals surface area contributed by atoms with Gasteiger partial charge < -0.3 is 9.88 Å². The molecule has 0 atom stereocenters. The Labute approximate surface area is 140 Å². The van der Waals surface area contributed by atoms with E-state index in [1.165, 1.54) is 6.92 Å². The first kappa shape index (κ1) is 16.0. The predicted octanol–water partition coefficient (Wildman–Crippen LogP) is 3.39. The molecular weight excluding hydrogens is 300 g/mol. The molecule has 0 spiro atoms. The van der Waals surface area contributed by atoms with Gasteiger partial charge in [0.1, 0.15) is 0 Å². The van der Waals surface area contributed by atoms with E-state index in [4.69, 9.17) is 0 Å². The number of hydrogen-bond donors (Lipinski definition) is 1. The van der Waals surface area contributed by atoms with Crippen LogP contribution < -0.4 is 5.56 Å². The van der Waals surface area contributed by atoms with Crippen molar-refractivity contribution in [3.8, 4) is 0 Å². The Morgan fingerprint density at radius 1 is 1.04 bits per heavy atom. The van der Waals surface area contributed by atoms with E-state index in [0.717, 1.165) is 22.0 Å². The number of carbonyl (C=O) groups excluding carboxylic acids is 1. The lowest BCUT2D eigenvalue weighted by Gasteiger charge is -2.21. The largest absolute Gasteiger partial charge is 0.334 e. The fourth-order valence-corrected chi connectivity index (χ4v) is 2.78. The van der Waals surface area contributed by atoms with Crippen molar-refractivity contribution in [3.63, 3.8) is 0 Å². The molecule has 0 radical (unpaired) electrons. The van der Waals surface area contributed by atoms with Gasteiger partial charge in [-0.3, -0.25) is 9.59 Å². The number of aromatic nitrogens is 1. The molecule has 24 heavy (non-hydrogen) atoms. The van der Waals surface area contributed by atoms with Gasteiger partial charge in [-0.25, -0.2) is 0 Å². The van der Waals surface area contributed by atoms with Crippen molar-refractivity contribution in [2.45, 2.75) is 26.9 Å². The summed E-state index contributed by atoms with van der Waals surface area (Å²) in [6.45, 7) is 4.33. The van der Waals surface area contributed by atoms with E-state index in [0.29, 0.717) is 18.7 Å². The van der Waals surface area contributed by atoms with Crippen LogP contribution in [-0.2, 0) is 17.9 Å². The molecule has 0 bridgehead atoms. The number of nitrogens with one attached hydrogen (secondary N) is 1. The summed E-state index contributed by atoms with van der Waals surface area (Å²) in [4.78, 5) is 28.9. The highest BCUT2D eigenvalue weighted by molar-refractivity contribution is 5.80. The zero-order valence-electron chi connectivity index (χ0n) is 13.9. The quantitative estimate of drug-likeness (QED) is 0.801. The first-order valence-electron chi connectivity index (χ1n) is 7.95. The maximum atomic E-state index is 12.3. The smallest absolute Gasteiger partial charge is 0.253 e. The molecule has 122 valence electrons. The molecule has 0 aliphatic carbocycles. The van der Waals surface area contributed by atoms with Crippen molar-refractivity contribution in [1.82, 2.24) is 9.88 Å². The van der Waals surface area contributed by atoms with Crippen molar-refractivity contribution >= 4 is 16.8 Å². The summed E-state index contributed by atoms with van der Waals surface area (Å²) in [6, 6.07) is 17.6. The third-order valence-corrected chi connectivity index (χ3v) is 4.10.